The molecule has 0 radical (unpaired) electrons. The number of thiophene rings is 4. The fourth-order valence-electron chi connectivity index (χ4n) is 7.94. The monoisotopic (exact) mass is 742 g/mol. The van der Waals surface area contributed by atoms with E-state index >= 15 is 0 Å². The minimum Gasteiger partial charge on any atom is -0.495 e. The molecule has 0 spiro atoms. The average molecular weight is 743 g/mol. The van der Waals surface area contributed by atoms with Gasteiger partial charge in [-0.15, -0.1) is 45.3 Å². The van der Waals surface area contributed by atoms with Crippen molar-refractivity contribution < 1.29 is 9.84 Å². The molecule has 1 N–H and O–H groups in total. The van der Waals surface area contributed by atoms with Gasteiger partial charge in [0, 0.05) is 35.8 Å². The Labute approximate surface area is 314 Å². The van der Waals surface area contributed by atoms with Crippen molar-refractivity contribution in [1.29, 1.82) is 0 Å². The first kappa shape index (κ1) is 36.2. The largest absolute Gasteiger partial charge is 0.495 e. The molecular weight excluding hydrogens is 689 g/mol. The van der Waals surface area contributed by atoms with Crippen LogP contribution in [0.3, 0.4) is 0 Å². The molecule has 7 rings (SSSR count). The van der Waals surface area contributed by atoms with Crippen molar-refractivity contribution in [2.75, 3.05) is 7.11 Å². The summed E-state index contributed by atoms with van der Waals surface area (Å²) >= 11 is 7.51. The molecule has 0 saturated heterocycles. The predicted molar refractivity (Wildman–Crippen MR) is 228 cm³/mol. The third kappa shape index (κ3) is 7.35. The van der Waals surface area contributed by atoms with Crippen molar-refractivity contribution in [3.63, 3.8) is 0 Å². The van der Waals surface area contributed by atoms with Crippen LogP contribution in [0.25, 0.3) is 59.1 Å². The van der Waals surface area contributed by atoms with E-state index in [2.05, 4.69) is 50.2 Å². The first-order chi connectivity index (χ1) is 24.7. The molecule has 3 aromatic carbocycles. The van der Waals surface area contributed by atoms with Gasteiger partial charge in [0.15, 0.2) is 0 Å². The lowest BCUT2D eigenvalue weighted by atomic mass is 10.0. The van der Waals surface area contributed by atoms with Crippen LogP contribution >= 0.6 is 45.3 Å². The van der Waals surface area contributed by atoms with Crippen LogP contribution in [0.15, 0.2) is 36.4 Å². The molecule has 0 aliphatic rings. The number of benzene rings is 3. The van der Waals surface area contributed by atoms with E-state index in [1.807, 2.05) is 52.5 Å². The summed E-state index contributed by atoms with van der Waals surface area (Å²) in [6.07, 6.45) is 24.0. The van der Waals surface area contributed by atoms with Crippen molar-refractivity contribution in [2.45, 2.75) is 136 Å². The predicted octanol–water partition coefficient (Wildman–Crippen LogP) is 15.7. The molecule has 0 amide bonds. The van der Waals surface area contributed by atoms with E-state index in [1.165, 1.54) is 173 Å². The van der Waals surface area contributed by atoms with Crippen molar-refractivity contribution in [3.05, 3.63) is 53.1 Å². The summed E-state index contributed by atoms with van der Waals surface area (Å²) in [5, 5.41) is 16.0. The van der Waals surface area contributed by atoms with Crippen LogP contribution in [0.2, 0.25) is 0 Å². The second kappa shape index (κ2) is 17.1. The number of aryl methyl sites for hydroxylation is 2. The summed E-state index contributed by atoms with van der Waals surface area (Å²) in [7, 11) is 1.83. The first-order valence-electron chi connectivity index (χ1n) is 19.5. The van der Waals surface area contributed by atoms with Crippen LogP contribution in [0.1, 0.15) is 133 Å². The summed E-state index contributed by atoms with van der Waals surface area (Å²) in [4.78, 5) is 0. The van der Waals surface area contributed by atoms with Gasteiger partial charge in [-0.3, -0.25) is 0 Å². The highest BCUT2D eigenvalue weighted by atomic mass is 32.1. The molecule has 0 aliphatic heterocycles. The fourth-order valence-corrected chi connectivity index (χ4v) is 13.7. The van der Waals surface area contributed by atoms with Gasteiger partial charge in [-0.05, 0) is 48.9 Å². The number of rotatable bonds is 20. The Balaban J connectivity index is 1.15. The van der Waals surface area contributed by atoms with E-state index in [9.17, 15) is 5.11 Å². The number of hydrogen-bond acceptors (Lipinski definition) is 6. The first-order valence-corrected chi connectivity index (χ1v) is 22.8. The SMILES string of the molecule is CCCCCCCCCCc1ccc2c(c1)sc1c2sc2c(OC)c3c(sc4c5ccc(CCCCCCCCCC)cc5sc43)c(CO)c21. The molecule has 266 valence electrons. The van der Waals surface area contributed by atoms with Crippen molar-refractivity contribution >= 4 is 104 Å². The number of methoxy groups -OCH3 is 1. The van der Waals surface area contributed by atoms with E-state index < -0.39 is 0 Å². The number of unbranched alkanes of at least 4 members (excludes halogenated alkanes) is 14. The van der Waals surface area contributed by atoms with Gasteiger partial charge in [0.05, 0.1) is 42.6 Å². The topological polar surface area (TPSA) is 29.5 Å². The van der Waals surface area contributed by atoms with Crippen molar-refractivity contribution in [1.82, 2.24) is 0 Å². The highest BCUT2D eigenvalue weighted by Crippen LogP contribution is 2.56. The van der Waals surface area contributed by atoms with E-state index in [0.29, 0.717) is 0 Å². The second-order valence-electron chi connectivity index (χ2n) is 14.4. The summed E-state index contributed by atoms with van der Waals surface area (Å²) in [5.74, 6) is 0.983. The van der Waals surface area contributed by atoms with Gasteiger partial charge in [-0.2, -0.15) is 0 Å². The minimum atomic E-state index is 0.0369. The third-order valence-electron chi connectivity index (χ3n) is 10.7. The van der Waals surface area contributed by atoms with Crippen LogP contribution in [0, 0.1) is 0 Å². The van der Waals surface area contributed by atoms with E-state index in [4.69, 9.17) is 4.74 Å². The Morgan fingerprint density at radius 3 is 1.44 bits per heavy atom. The van der Waals surface area contributed by atoms with Gasteiger partial charge in [-0.1, -0.05) is 128 Å². The van der Waals surface area contributed by atoms with Crippen molar-refractivity contribution in [2.24, 2.45) is 0 Å². The maximum atomic E-state index is 11.0. The van der Waals surface area contributed by atoms with Gasteiger partial charge in [0.25, 0.3) is 0 Å². The molecule has 0 bridgehead atoms. The molecule has 4 aromatic heterocycles. The van der Waals surface area contributed by atoms with Gasteiger partial charge < -0.3 is 9.84 Å². The lowest BCUT2D eigenvalue weighted by molar-refractivity contribution is 0.285. The molecular formula is C44H54O2S4. The molecule has 0 fully saturated rings. The van der Waals surface area contributed by atoms with E-state index in [1.54, 1.807) is 0 Å². The zero-order chi connectivity index (χ0) is 34.5. The molecule has 0 atom stereocenters. The highest BCUT2D eigenvalue weighted by molar-refractivity contribution is 7.38. The molecule has 4 heterocycles. The Bertz CT molecular complexity index is 2040. The van der Waals surface area contributed by atoms with Gasteiger partial charge in [0.2, 0.25) is 0 Å². The minimum absolute atomic E-state index is 0.0369. The van der Waals surface area contributed by atoms with Crippen LogP contribution in [0.5, 0.6) is 5.75 Å². The molecule has 50 heavy (non-hydrogen) atoms. The maximum Gasteiger partial charge on any atom is 0.146 e. The number of hydrogen-bond donors (Lipinski definition) is 1. The molecule has 0 unspecified atom stereocenters. The summed E-state index contributed by atoms with van der Waals surface area (Å²) < 4.78 is 16.7. The van der Waals surface area contributed by atoms with E-state index in [-0.39, 0.29) is 6.61 Å². The summed E-state index contributed by atoms with van der Waals surface area (Å²) in [5.41, 5.74) is 3.98. The molecule has 0 saturated carbocycles. The Morgan fingerprint density at radius 1 is 0.500 bits per heavy atom. The summed E-state index contributed by atoms with van der Waals surface area (Å²) in [6, 6.07) is 14.3. The fraction of sp³-hybridized carbons (Fsp3) is 0.500. The molecule has 2 nitrogen and oxygen atoms in total. The van der Waals surface area contributed by atoms with Crippen LogP contribution < -0.4 is 4.74 Å². The zero-order valence-electron chi connectivity index (χ0n) is 30.4. The normalized spacial score (nSPS) is 12.3. The molecule has 0 aliphatic carbocycles. The van der Waals surface area contributed by atoms with E-state index in [0.717, 1.165) is 24.2 Å². The quantitative estimate of drug-likeness (QED) is 0.0788. The van der Waals surface area contributed by atoms with Gasteiger partial charge >= 0.3 is 0 Å². The number of aliphatic hydroxyl groups is 1. The smallest absolute Gasteiger partial charge is 0.146 e. The summed E-state index contributed by atoms with van der Waals surface area (Å²) in [6.45, 7) is 4.61. The Hall–Kier alpha value is -2.22. The van der Waals surface area contributed by atoms with Crippen LogP contribution in [-0.2, 0) is 19.4 Å². The number of fused-ring (bicyclic) bond motifs is 10. The highest BCUT2D eigenvalue weighted by Gasteiger charge is 2.26. The lowest BCUT2D eigenvalue weighted by Gasteiger charge is -2.09. The Morgan fingerprint density at radius 2 is 0.960 bits per heavy atom. The number of aliphatic hydroxyl groups excluding tert-OH is 1. The standard InChI is InChI=1S/C44H54O2S4/c1-4-6-8-10-12-14-16-18-20-29-22-24-31-34(26-29)47-43-36-33(28-45)39-37(38(46-3)42(36)50-40(31)43)44-41(49-39)32-25-23-30(27-35(32)48-44)21-19-17-15-13-11-9-7-5-2/h22-27,45H,4-21,28H2,1-3H3. The Kier molecular flexibility index (Phi) is 12.3. The average Bonchev–Trinajstić information content (AvgIpc) is 3.87. The van der Waals surface area contributed by atoms with Gasteiger partial charge in [0.1, 0.15) is 5.75 Å². The second-order valence-corrected chi connectivity index (χ2v) is 18.6. The lowest BCUT2D eigenvalue weighted by Crippen LogP contribution is -1.89. The number of ether oxygens (including phenoxy) is 1. The molecule has 6 heteroatoms. The van der Waals surface area contributed by atoms with Gasteiger partial charge in [-0.25, -0.2) is 0 Å². The van der Waals surface area contributed by atoms with Crippen molar-refractivity contribution in [3.8, 4) is 5.75 Å². The third-order valence-corrected chi connectivity index (χ3v) is 15.8. The van der Waals surface area contributed by atoms with Crippen LogP contribution in [0.4, 0.5) is 0 Å². The zero-order valence-corrected chi connectivity index (χ0v) is 33.7. The van der Waals surface area contributed by atoms with Crippen LogP contribution in [-0.4, -0.2) is 12.2 Å². The maximum absolute atomic E-state index is 11.0. The molecule has 7 aromatic rings.